The molecule has 0 aromatic carbocycles. The van der Waals surface area contributed by atoms with Crippen LogP contribution in [0.3, 0.4) is 0 Å². The zero-order chi connectivity index (χ0) is 10.5. The van der Waals surface area contributed by atoms with Crippen LogP contribution in [-0.4, -0.2) is 24.5 Å². The van der Waals surface area contributed by atoms with Crippen molar-refractivity contribution in [1.82, 2.24) is 4.90 Å². The molecule has 0 fully saturated rings. The first-order chi connectivity index (χ1) is 5.87. The van der Waals surface area contributed by atoms with Gasteiger partial charge in [-0.3, -0.25) is 0 Å². The molecular formula is C12H27N. The van der Waals surface area contributed by atoms with E-state index in [-0.39, 0.29) is 0 Å². The molecule has 0 rings (SSSR count). The van der Waals surface area contributed by atoms with Gasteiger partial charge in [-0.1, -0.05) is 34.1 Å². The van der Waals surface area contributed by atoms with E-state index in [1.165, 1.54) is 25.8 Å². The SMILES string of the molecule is CCCC(C)N(C)CCC(C)(C)C. The Kier molecular flexibility index (Phi) is 5.62. The molecule has 0 aliphatic carbocycles. The second kappa shape index (κ2) is 5.64. The van der Waals surface area contributed by atoms with E-state index in [0.29, 0.717) is 5.41 Å². The molecule has 0 aromatic heterocycles. The molecule has 1 nitrogen and oxygen atoms in total. The molecule has 1 unspecified atom stereocenters. The summed E-state index contributed by atoms with van der Waals surface area (Å²) >= 11 is 0. The Morgan fingerprint density at radius 3 is 2.15 bits per heavy atom. The first kappa shape index (κ1) is 13.0. The van der Waals surface area contributed by atoms with Gasteiger partial charge in [-0.25, -0.2) is 0 Å². The summed E-state index contributed by atoms with van der Waals surface area (Å²) in [5.74, 6) is 0. The van der Waals surface area contributed by atoms with Gasteiger partial charge in [0.1, 0.15) is 0 Å². The second-order valence-electron chi connectivity index (χ2n) is 5.43. The van der Waals surface area contributed by atoms with Crippen LogP contribution in [0.15, 0.2) is 0 Å². The van der Waals surface area contributed by atoms with Gasteiger partial charge in [-0.2, -0.15) is 0 Å². The normalized spacial score (nSPS) is 15.0. The molecule has 0 bridgehead atoms. The third-order valence-corrected chi connectivity index (χ3v) is 2.67. The molecule has 1 atom stereocenters. The third-order valence-electron chi connectivity index (χ3n) is 2.67. The molecule has 0 spiro atoms. The van der Waals surface area contributed by atoms with Crippen LogP contribution in [0, 0.1) is 5.41 Å². The molecule has 0 aliphatic heterocycles. The van der Waals surface area contributed by atoms with E-state index in [0.717, 1.165) is 6.04 Å². The van der Waals surface area contributed by atoms with Gasteiger partial charge in [-0.05, 0) is 38.8 Å². The molecule has 0 radical (unpaired) electrons. The largest absolute Gasteiger partial charge is 0.304 e. The number of hydrogen-bond donors (Lipinski definition) is 0. The molecule has 0 heterocycles. The molecule has 1 heteroatoms. The topological polar surface area (TPSA) is 3.24 Å². The van der Waals surface area contributed by atoms with Crippen molar-refractivity contribution in [3.8, 4) is 0 Å². The summed E-state index contributed by atoms with van der Waals surface area (Å²) in [5, 5.41) is 0. The van der Waals surface area contributed by atoms with Gasteiger partial charge in [0.25, 0.3) is 0 Å². The highest BCUT2D eigenvalue weighted by Gasteiger charge is 2.13. The van der Waals surface area contributed by atoms with Crippen LogP contribution in [0.25, 0.3) is 0 Å². The van der Waals surface area contributed by atoms with Gasteiger partial charge in [0.2, 0.25) is 0 Å². The van der Waals surface area contributed by atoms with Crippen molar-refractivity contribution in [1.29, 1.82) is 0 Å². The number of hydrogen-bond acceptors (Lipinski definition) is 1. The van der Waals surface area contributed by atoms with Gasteiger partial charge in [0.05, 0.1) is 0 Å². The lowest BCUT2D eigenvalue weighted by atomic mass is 9.92. The summed E-state index contributed by atoms with van der Waals surface area (Å²) in [5.41, 5.74) is 0.472. The van der Waals surface area contributed by atoms with Crippen LogP contribution >= 0.6 is 0 Å². The molecule has 0 aliphatic rings. The Hall–Kier alpha value is -0.0400. The molecular weight excluding hydrogens is 158 g/mol. The van der Waals surface area contributed by atoms with E-state index in [1.807, 2.05) is 0 Å². The lowest BCUT2D eigenvalue weighted by Gasteiger charge is -2.28. The number of nitrogens with zero attached hydrogens (tertiary/aromatic N) is 1. The first-order valence-electron chi connectivity index (χ1n) is 5.57. The van der Waals surface area contributed by atoms with Gasteiger partial charge >= 0.3 is 0 Å². The zero-order valence-corrected chi connectivity index (χ0v) is 10.4. The summed E-state index contributed by atoms with van der Waals surface area (Å²) in [6.07, 6.45) is 3.90. The highest BCUT2D eigenvalue weighted by Crippen LogP contribution is 2.19. The van der Waals surface area contributed by atoms with Crippen LogP contribution in [0.5, 0.6) is 0 Å². The van der Waals surface area contributed by atoms with E-state index in [2.05, 4.69) is 46.6 Å². The van der Waals surface area contributed by atoms with Crippen molar-refractivity contribution in [3.05, 3.63) is 0 Å². The standard InChI is InChI=1S/C12H27N/c1-7-8-11(2)13(6)10-9-12(3,4)5/h11H,7-10H2,1-6H3. The van der Waals surface area contributed by atoms with E-state index >= 15 is 0 Å². The van der Waals surface area contributed by atoms with Crippen LogP contribution in [0.4, 0.5) is 0 Å². The highest BCUT2D eigenvalue weighted by atomic mass is 15.1. The van der Waals surface area contributed by atoms with Gasteiger partial charge < -0.3 is 4.90 Å². The maximum absolute atomic E-state index is 2.48. The van der Waals surface area contributed by atoms with Gasteiger partial charge in [0.15, 0.2) is 0 Å². The summed E-state index contributed by atoms with van der Waals surface area (Å²) in [6.45, 7) is 12.7. The predicted octanol–water partition coefficient (Wildman–Crippen LogP) is 3.54. The predicted molar refractivity (Wildman–Crippen MR) is 61.1 cm³/mol. The van der Waals surface area contributed by atoms with Crippen LogP contribution in [0.2, 0.25) is 0 Å². The second-order valence-corrected chi connectivity index (χ2v) is 5.43. The molecule has 0 N–H and O–H groups in total. The first-order valence-corrected chi connectivity index (χ1v) is 5.57. The molecule has 13 heavy (non-hydrogen) atoms. The quantitative estimate of drug-likeness (QED) is 0.633. The summed E-state index contributed by atoms with van der Waals surface area (Å²) < 4.78 is 0. The maximum atomic E-state index is 2.48. The molecule has 0 saturated carbocycles. The van der Waals surface area contributed by atoms with E-state index in [9.17, 15) is 0 Å². The Bertz CT molecular complexity index is 124. The third kappa shape index (κ3) is 7.06. The van der Waals surface area contributed by atoms with Gasteiger partial charge in [0, 0.05) is 6.04 Å². The maximum Gasteiger partial charge on any atom is 0.00637 e. The monoisotopic (exact) mass is 185 g/mol. The molecule has 0 amide bonds. The molecule has 80 valence electrons. The Morgan fingerprint density at radius 2 is 1.77 bits per heavy atom. The highest BCUT2D eigenvalue weighted by molar-refractivity contribution is 4.67. The Balaban J connectivity index is 3.67. The fourth-order valence-corrected chi connectivity index (χ4v) is 1.37. The zero-order valence-electron chi connectivity index (χ0n) is 10.4. The lowest BCUT2D eigenvalue weighted by Crippen LogP contribution is -2.31. The van der Waals surface area contributed by atoms with Crippen molar-refractivity contribution in [2.24, 2.45) is 5.41 Å². The van der Waals surface area contributed by atoms with E-state index < -0.39 is 0 Å². The minimum absolute atomic E-state index is 0.472. The Labute approximate surface area is 84.5 Å². The fourth-order valence-electron chi connectivity index (χ4n) is 1.37. The van der Waals surface area contributed by atoms with Crippen LogP contribution in [0.1, 0.15) is 53.9 Å². The minimum Gasteiger partial charge on any atom is -0.304 e. The average Bonchev–Trinajstić information content (AvgIpc) is 1.99. The van der Waals surface area contributed by atoms with Crippen molar-refractivity contribution in [3.63, 3.8) is 0 Å². The van der Waals surface area contributed by atoms with Crippen LogP contribution in [-0.2, 0) is 0 Å². The summed E-state index contributed by atoms with van der Waals surface area (Å²) in [4.78, 5) is 2.48. The van der Waals surface area contributed by atoms with Gasteiger partial charge in [-0.15, -0.1) is 0 Å². The van der Waals surface area contributed by atoms with Crippen LogP contribution < -0.4 is 0 Å². The fraction of sp³-hybridized carbons (Fsp3) is 1.00. The lowest BCUT2D eigenvalue weighted by molar-refractivity contribution is 0.208. The average molecular weight is 185 g/mol. The minimum atomic E-state index is 0.472. The van der Waals surface area contributed by atoms with E-state index in [4.69, 9.17) is 0 Å². The van der Waals surface area contributed by atoms with Crippen molar-refractivity contribution >= 4 is 0 Å². The van der Waals surface area contributed by atoms with Crippen molar-refractivity contribution < 1.29 is 0 Å². The molecule has 0 aromatic rings. The summed E-state index contributed by atoms with van der Waals surface area (Å²) in [6, 6.07) is 0.743. The Morgan fingerprint density at radius 1 is 1.23 bits per heavy atom. The molecule has 0 saturated heterocycles. The van der Waals surface area contributed by atoms with Crippen molar-refractivity contribution in [2.45, 2.75) is 59.9 Å². The van der Waals surface area contributed by atoms with Crippen molar-refractivity contribution in [2.75, 3.05) is 13.6 Å². The summed E-state index contributed by atoms with van der Waals surface area (Å²) in [7, 11) is 2.24. The number of rotatable bonds is 5. The van der Waals surface area contributed by atoms with E-state index in [1.54, 1.807) is 0 Å². The smallest absolute Gasteiger partial charge is 0.00637 e.